The lowest BCUT2D eigenvalue weighted by atomic mass is 10.1. The number of hydrogen-bond donors (Lipinski definition) is 2. The molecule has 0 aliphatic carbocycles. The molecule has 0 unspecified atom stereocenters. The molecule has 0 saturated carbocycles. The molecule has 2 N–H and O–H groups in total. The molecular formula is C20H26N4O4. The first-order valence-corrected chi connectivity index (χ1v) is 9.22. The number of carbonyl (C=O) groups is 3. The van der Waals surface area contributed by atoms with E-state index in [1.54, 1.807) is 6.92 Å². The van der Waals surface area contributed by atoms with Gasteiger partial charge in [0.1, 0.15) is 0 Å². The van der Waals surface area contributed by atoms with Gasteiger partial charge in [-0.3, -0.25) is 14.4 Å². The quantitative estimate of drug-likeness (QED) is 0.631. The van der Waals surface area contributed by atoms with Crippen molar-refractivity contribution in [2.24, 2.45) is 0 Å². The minimum atomic E-state index is -0.510. The van der Waals surface area contributed by atoms with Crippen LogP contribution in [-0.2, 0) is 25.5 Å². The van der Waals surface area contributed by atoms with Gasteiger partial charge < -0.3 is 15.4 Å². The van der Waals surface area contributed by atoms with Crippen LogP contribution in [0.2, 0.25) is 0 Å². The summed E-state index contributed by atoms with van der Waals surface area (Å²) in [6.45, 7) is 5.60. The maximum absolute atomic E-state index is 12.0. The molecule has 0 atom stereocenters. The third kappa shape index (κ3) is 5.94. The third-order valence-electron chi connectivity index (χ3n) is 4.21. The fourth-order valence-electron chi connectivity index (χ4n) is 2.79. The summed E-state index contributed by atoms with van der Waals surface area (Å²) in [5.41, 5.74) is 3.77. The van der Waals surface area contributed by atoms with Crippen LogP contribution in [0, 0.1) is 13.8 Å². The van der Waals surface area contributed by atoms with Crippen molar-refractivity contribution in [1.82, 2.24) is 20.4 Å². The number of rotatable bonds is 9. The molecule has 0 bridgehead atoms. The fraction of sp³-hybridized carbons (Fsp3) is 0.400. The third-order valence-corrected chi connectivity index (χ3v) is 4.21. The Morgan fingerprint density at radius 3 is 2.46 bits per heavy atom. The van der Waals surface area contributed by atoms with Gasteiger partial charge in [-0.15, -0.1) is 0 Å². The highest BCUT2D eigenvalue weighted by Gasteiger charge is 2.15. The van der Waals surface area contributed by atoms with E-state index in [1.165, 1.54) is 0 Å². The molecule has 28 heavy (non-hydrogen) atoms. The minimum Gasteiger partial charge on any atom is -0.456 e. The molecular weight excluding hydrogens is 360 g/mol. The summed E-state index contributed by atoms with van der Waals surface area (Å²) in [4.78, 5) is 34.8. The normalized spacial score (nSPS) is 10.4. The highest BCUT2D eigenvalue weighted by atomic mass is 16.5. The van der Waals surface area contributed by atoms with Crippen LogP contribution in [0.4, 0.5) is 0 Å². The van der Waals surface area contributed by atoms with Gasteiger partial charge in [-0.2, -0.15) is 5.10 Å². The highest BCUT2D eigenvalue weighted by molar-refractivity contribution is 5.86. The number of amides is 2. The van der Waals surface area contributed by atoms with Crippen LogP contribution in [0.15, 0.2) is 30.3 Å². The number of aryl methyl sites for hydroxylation is 1. The second kappa shape index (κ2) is 10.2. The Labute approximate surface area is 164 Å². The van der Waals surface area contributed by atoms with Gasteiger partial charge in [-0.25, -0.2) is 4.68 Å². The predicted molar refractivity (Wildman–Crippen MR) is 104 cm³/mol. The Morgan fingerprint density at radius 2 is 1.79 bits per heavy atom. The van der Waals surface area contributed by atoms with Crippen LogP contribution >= 0.6 is 0 Å². The molecule has 2 rings (SSSR count). The van der Waals surface area contributed by atoms with Gasteiger partial charge in [-0.05, 0) is 44.9 Å². The highest BCUT2D eigenvalue weighted by Crippen LogP contribution is 2.19. The second-order valence-corrected chi connectivity index (χ2v) is 6.29. The van der Waals surface area contributed by atoms with Gasteiger partial charge in [0, 0.05) is 18.7 Å². The summed E-state index contributed by atoms with van der Waals surface area (Å²) in [5.74, 6) is -1.27. The van der Waals surface area contributed by atoms with E-state index >= 15 is 0 Å². The zero-order valence-corrected chi connectivity index (χ0v) is 16.4. The summed E-state index contributed by atoms with van der Waals surface area (Å²) in [5, 5.41) is 9.50. The summed E-state index contributed by atoms with van der Waals surface area (Å²) in [6, 6.07) is 9.77. The Bertz CT molecular complexity index is 830. The Hall–Kier alpha value is -3.16. The van der Waals surface area contributed by atoms with Crippen molar-refractivity contribution in [2.45, 2.75) is 33.6 Å². The van der Waals surface area contributed by atoms with Crippen LogP contribution < -0.4 is 10.6 Å². The smallest absolute Gasteiger partial charge is 0.306 e. The number of benzene rings is 1. The van der Waals surface area contributed by atoms with Crippen molar-refractivity contribution in [3.05, 3.63) is 47.3 Å². The van der Waals surface area contributed by atoms with E-state index in [0.717, 1.165) is 22.6 Å². The predicted octanol–water partition coefficient (Wildman–Crippen LogP) is 1.22. The molecule has 2 aromatic rings. The SMILES string of the molecule is CCNC(=O)CNC(=O)COC(=O)CCc1c(C)nn(-c2ccccc2)c1C. The number of aromatic nitrogens is 2. The molecule has 1 aromatic heterocycles. The Kier molecular flexibility index (Phi) is 7.74. The van der Waals surface area contributed by atoms with Crippen LogP contribution in [-0.4, -0.2) is 47.3 Å². The van der Waals surface area contributed by atoms with E-state index in [2.05, 4.69) is 15.7 Å². The average Bonchev–Trinajstić information content (AvgIpc) is 2.97. The number of para-hydroxylation sites is 1. The van der Waals surface area contributed by atoms with Crippen molar-refractivity contribution in [1.29, 1.82) is 0 Å². The zero-order valence-electron chi connectivity index (χ0n) is 16.4. The van der Waals surface area contributed by atoms with Gasteiger partial charge in [0.25, 0.3) is 5.91 Å². The molecule has 8 heteroatoms. The van der Waals surface area contributed by atoms with Crippen molar-refractivity contribution in [3.8, 4) is 5.69 Å². The summed E-state index contributed by atoms with van der Waals surface area (Å²) >= 11 is 0. The molecule has 0 radical (unpaired) electrons. The number of nitrogens with one attached hydrogen (secondary N) is 2. The summed E-state index contributed by atoms with van der Waals surface area (Å²) < 4.78 is 6.83. The molecule has 2 amide bonds. The molecule has 8 nitrogen and oxygen atoms in total. The Balaban J connectivity index is 1.82. The van der Waals surface area contributed by atoms with Gasteiger partial charge in [0.2, 0.25) is 5.91 Å². The van der Waals surface area contributed by atoms with E-state index in [-0.39, 0.29) is 18.9 Å². The molecule has 1 aromatic carbocycles. The number of esters is 1. The second-order valence-electron chi connectivity index (χ2n) is 6.29. The lowest BCUT2D eigenvalue weighted by molar-refractivity contribution is -0.148. The van der Waals surface area contributed by atoms with E-state index < -0.39 is 18.5 Å². The first-order valence-electron chi connectivity index (χ1n) is 9.22. The van der Waals surface area contributed by atoms with Crippen LogP contribution in [0.25, 0.3) is 5.69 Å². The molecule has 0 fully saturated rings. The maximum atomic E-state index is 12.0. The van der Waals surface area contributed by atoms with Crippen molar-refractivity contribution in [3.63, 3.8) is 0 Å². The number of ether oxygens (including phenoxy) is 1. The summed E-state index contributed by atoms with van der Waals surface area (Å²) in [6.07, 6.45) is 0.621. The van der Waals surface area contributed by atoms with Gasteiger partial charge >= 0.3 is 5.97 Å². The van der Waals surface area contributed by atoms with E-state index in [4.69, 9.17) is 4.74 Å². The first-order chi connectivity index (χ1) is 13.4. The number of carbonyl (C=O) groups excluding carboxylic acids is 3. The van der Waals surface area contributed by atoms with Gasteiger partial charge in [0.15, 0.2) is 6.61 Å². The number of nitrogens with zero attached hydrogens (tertiary/aromatic N) is 2. The molecule has 0 saturated heterocycles. The van der Waals surface area contributed by atoms with Crippen molar-refractivity contribution in [2.75, 3.05) is 19.7 Å². The lowest BCUT2D eigenvalue weighted by Crippen LogP contribution is -2.38. The van der Waals surface area contributed by atoms with Crippen LogP contribution in [0.3, 0.4) is 0 Å². The van der Waals surface area contributed by atoms with Crippen LogP contribution in [0.5, 0.6) is 0 Å². The standard InChI is InChI=1S/C20H26N4O4/c1-4-21-18(25)12-22-19(26)13-28-20(27)11-10-17-14(2)23-24(15(17)3)16-8-6-5-7-9-16/h5-9H,4,10-13H2,1-3H3,(H,21,25)(H,22,26). The fourth-order valence-corrected chi connectivity index (χ4v) is 2.79. The molecule has 0 spiro atoms. The van der Waals surface area contributed by atoms with E-state index in [1.807, 2.05) is 48.9 Å². The first kappa shape index (κ1) is 21.1. The monoisotopic (exact) mass is 386 g/mol. The van der Waals surface area contributed by atoms with Crippen LogP contribution in [0.1, 0.15) is 30.3 Å². The van der Waals surface area contributed by atoms with Crippen molar-refractivity contribution >= 4 is 17.8 Å². The van der Waals surface area contributed by atoms with Gasteiger partial charge in [0.05, 0.1) is 17.9 Å². The average molecular weight is 386 g/mol. The molecule has 1 heterocycles. The largest absolute Gasteiger partial charge is 0.456 e. The van der Waals surface area contributed by atoms with Crippen molar-refractivity contribution < 1.29 is 19.1 Å². The maximum Gasteiger partial charge on any atom is 0.306 e. The number of likely N-dealkylation sites (N-methyl/N-ethyl adjacent to an activating group) is 1. The Morgan fingerprint density at radius 1 is 1.07 bits per heavy atom. The molecule has 150 valence electrons. The lowest BCUT2D eigenvalue weighted by Gasteiger charge is -2.07. The van der Waals surface area contributed by atoms with Gasteiger partial charge in [-0.1, -0.05) is 18.2 Å². The van der Waals surface area contributed by atoms with E-state index in [0.29, 0.717) is 13.0 Å². The molecule has 0 aliphatic rings. The number of hydrogen-bond acceptors (Lipinski definition) is 5. The topological polar surface area (TPSA) is 102 Å². The summed E-state index contributed by atoms with van der Waals surface area (Å²) in [7, 11) is 0. The molecule has 0 aliphatic heterocycles. The zero-order chi connectivity index (χ0) is 20.5. The minimum absolute atomic E-state index is 0.138. The van der Waals surface area contributed by atoms with E-state index in [9.17, 15) is 14.4 Å².